The summed E-state index contributed by atoms with van der Waals surface area (Å²) in [6.07, 6.45) is 0. The Hall–Kier alpha value is -1.97. The van der Waals surface area contributed by atoms with Crippen molar-refractivity contribution in [1.29, 1.82) is 5.26 Å². The number of para-hydroxylation sites is 1. The Bertz CT molecular complexity index is 800. The van der Waals surface area contributed by atoms with Crippen molar-refractivity contribution in [2.24, 2.45) is 0 Å². The van der Waals surface area contributed by atoms with Crippen molar-refractivity contribution in [1.82, 2.24) is 15.2 Å². The Morgan fingerprint density at radius 2 is 2.00 bits per heavy atom. The lowest BCUT2D eigenvalue weighted by Crippen LogP contribution is -1.98. The molecule has 3 aromatic rings. The van der Waals surface area contributed by atoms with E-state index < -0.39 is 0 Å². The Labute approximate surface area is 124 Å². The first kappa shape index (κ1) is 13.0. The van der Waals surface area contributed by atoms with Gasteiger partial charge in [0.1, 0.15) is 11.1 Å². The van der Waals surface area contributed by atoms with Crippen molar-refractivity contribution in [3.63, 3.8) is 0 Å². The van der Waals surface area contributed by atoms with E-state index in [0.29, 0.717) is 10.6 Å². The van der Waals surface area contributed by atoms with E-state index in [-0.39, 0.29) is 0 Å². The van der Waals surface area contributed by atoms with Crippen molar-refractivity contribution in [3.05, 3.63) is 41.1 Å². The number of aryl methyl sites for hydroxylation is 1. The number of thiazole rings is 1. The van der Waals surface area contributed by atoms with Crippen LogP contribution < -0.4 is 0 Å². The van der Waals surface area contributed by atoms with E-state index in [0.717, 1.165) is 25.8 Å². The lowest BCUT2D eigenvalue weighted by atomic mass is 10.1. The molecule has 1 aromatic carbocycles. The predicted octanol–water partition coefficient (Wildman–Crippen LogP) is 3.73. The second kappa shape index (κ2) is 5.19. The summed E-state index contributed by atoms with van der Waals surface area (Å²) in [6, 6.07) is 10.2. The zero-order chi connectivity index (χ0) is 14.1. The van der Waals surface area contributed by atoms with Crippen molar-refractivity contribution in [2.45, 2.75) is 23.2 Å². The molecule has 0 aliphatic rings. The molecule has 0 radical (unpaired) electrons. The van der Waals surface area contributed by atoms with Gasteiger partial charge in [-0.2, -0.15) is 10.4 Å². The minimum atomic E-state index is 0.585. The first-order chi connectivity index (χ1) is 9.69. The highest BCUT2D eigenvalue weighted by Crippen LogP contribution is 2.35. The van der Waals surface area contributed by atoms with Gasteiger partial charge in [-0.1, -0.05) is 12.1 Å². The smallest absolute Gasteiger partial charge is 0.157 e. The molecule has 0 atom stereocenters. The molecule has 4 nitrogen and oxygen atoms in total. The summed E-state index contributed by atoms with van der Waals surface area (Å²) < 4.78 is 2.01. The fourth-order valence-electron chi connectivity index (χ4n) is 1.77. The highest BCUT2D eigenvalue weighted by atomic mass is 32.2. The van der Waals surface area contributed by atoms with Crippen LogP contribution >= 0.6 is 23.1 Å². The summed E-state index contributed by atoms with van der Waals surface area (Å²) in [7, 11) is 0. The molecule has 20 heavy (non-hydrogen) atoms. The number of nitrogens with zero attached hydrogens (tertiary/aromatic N) is 4. The molecule has 0 aliphatic heterocycles. The van der Waals surface area contributed by atoms with Gasteiger partial charge < -0.3 is 0 Å². The number of nitriles is 1. The third-order valence-electron chi connectivity index (χ3n) is 2.99. The van der Waals surface area contributed by atoms with E-state index in [1.54, 1.807) is 11.3 Å². The average Bonchev–Trinajstić information content (AvgIpc) is 2.85. The van der Waals surface area contributed by atoms with Gasteiger partial charge in [0.15, 0.2) is 4.34 Å². The lowest BCUT2D eigenvalue weighted by molar-refractivity contribution is 0.871. The van der Waals surface area contributed by atoms with Gasteiger partial charge in [-0.15, -0.1) is 16.4 Å². The number of aromatic nitrogens is 3. The standard InChI is InChI=1S/C14H10N4S2/c1-8-9(2)17-18-13(10(8)7-15)20-14-16-11-5-3-4-6-12(11)19-14/h3-6H,1-2H3. The second-order valence-electron chi connectivity index (χ2n) is 4.25. The van der Waals surface area contributed by atoms with Crippen LogP contribution in [0.3, 0.4) is 0 Å². The summed E-state index contributed by atoms with van der Waals surface area (Å²) in [5, 5.41) is 18.1. The van der Waals surface area contributed by atoms with Crippen molar-refractivity contribution in [2.75, 3.05) is 0 Å². The van der Waals surface area contributed by atoms with E-state index >= 15 is 0 Å². The molecular weight excluding hydrogens is 288 g/mol. The van der Waals surface area contributed by atoms with Crippen LogP contribution in [0.1, 0.15) is 16.8 Å². The Morgan fingerprint density at radius 1 is 1.20 bits per heavy atom. The van der Waals surface area contributed by atoms with Gasteiger partial charge in [0.05, 0.1) is 21.5 Å². The largest absolute Gasteiger partial charge is 0.229 e. The summed E-state index contributed by atoms with van der Waals surface area (Å²) in [5.41, 5.74) is 3.22. The van der Waals surface area contributed by atoms with Gasteiger partial charge in [-0.05, 0) is 43.3 Å². The summed E-state index contributed by atoms with van der Waals surface area (Å²) in [5.74, 6) is 0. The first-order valence-corrected chi connectivity index (χ1v) is 7.59. The van der Waals surface area contributed by atoms with Crippen LogP contribution in [-0.4, -0.2) is 15.2 Å². The number of benzene rings is 1. The second-order valence-corrected chi connectivity index (χ2v) is 6.52. The molecule has 0 N–H and O–H groups in total. The number of fused-ring (bicyclic) bond motifs is 1. The van der Waals surface area contributed by atoms with E-state index in [9.17, 15) is 5.26 Å². The van der Waals surface area contributed by atoms with Crippen LogP contribution in [0.4, 0.5) is 0 Å². The molecular formula is C14H10N4S2. The molecule has 98 valence electrons. The van der Waals surface area contributed by atoms with Gasteiger partial charge in [-0.3, -0.25) is 0 Å². The van der Waals surface area contributed by atoms with Crippen molar-refractivity contribution < 1.29 is 0 Å². The maximum absolute atomic E-state index is 9.29. The molecule has 0 fully saturated rings. The monoisotopic (exact) mass is 298 g/mol. The Kier molecular flexibility index (Phi) is 3.38. The summed E-state index contributed by atoms with van der Waals surface area (Å²) >= 11 is 2.99. The minimum absolute atomic E-state index is 0.585. The highest BCUT2D eigenvalue weighted by Gasteiger charge is 2.14. The number of rotatable bonds is 2. The Morgan fingerprint density at radius 3 is 2.75 bits per heavy atom. The van der Waals surface area contributed by atoms with Crippen LogP contribution in [0, 0.1) is 25.2 Å². The molecule has 2 aromatic heterocycles. The molecule has 0 saturated carbocycles. The third-order valence-corrected chi connectivity index (χ3v) is 5.07. The molecule has 6 heteroatoms. The normalized spacial score (nSPS) is 10.7. The lowest BCUT2D eigenvalue weighted by Gasteiger charge is -2.04. The van der Waals surface area contributed by atoms with Crippen LogP contribution in [0.5, 0.6) is 0 Å². The van der Waals surface area contributed by atoms with Gasteiger partial charge in [0.25, 0.3) is 0 Å². The van der Waals surface area contributed by atoms with E-state index in [2.05, 4.69) is 21.3 Å². The van der Waals surface area contributed by atoms with Crippen LogP contribution in [0.25, 0.3) is 10.2 Å². The maximum Gasteiger partial charge on any atom is 0.157 e. The molecule has 0 spiro atoms. The maximum atomic E-state index is 9.29. The molecule has 0 aliphatic carbocycles. The van der Waals surface area contributed by atoms with Crippen LogP contribution in [-0.2, 0) is 0 Å². The zero-order valence-corrected chi connectivity index (χ0v) is 12.5. The summed E-state index contributed by atoms with van der Waals surface area (Å²) in [6.45, 7) is 3.75. The molecule has 0 bridgehead atoms. The SMILES string of the molecule is Cc1nnc(Sc2nc3ccccc3s2)c(C#N)c1C. The average molecular weight is 298 g/mol. The van der Waals surface area contributed by atoms with E-state index in [1.807, 2.05) is 38.1 Å². The topological polar surface area (TPSA) is 62.5 Å². The van der Waals surface area contributed by atoms with Crippen LogP contribution in [0.15, 0.2) is 33.6 Å². The van der Waals surface area contributed by atoms with Gasteiger partial charge in [0, 0.05) is 0 Å². The molecule has 0 amide bonds. The van der Waals surface area contributed by atoms with Gasteiger partial charge in [0.2, 0.25) is 0 Å². The zero-order valence-electron chi connectivity index (χ0n) is 10.9. The predicted molar refractivity (Wildman–Crippen MR) is 80.0 cm³/mol. The molecule has 2 heterocycles. The van der Waals surface area contributed by atoms with E-state index in [4.69, 9.17) is 0 Å². The molecule has 0 unspecified atom stereocenters. The number of hydrogen-bond acceptors (Lipinski definition) is 6. The van der Waals surface area contributed by atoms with Crippen LogP contribution in [0.2, 0.25) is 0 Å². The fraction of sp³-hybridized carbons (Fsp3) is 0.143. The third kappa shape index (κ3) is 2.26. The molecule has 0 saturated heterocycles. The summed E-state index contributed by atoms with van der Waals surface area (Å²) in [4.78, 5) is 4.54. The molecule has 3 rings (SSSR count). The van der Waals surface area contributed by atoms with E-state index in [1.165, 1.54) is 11.8 Å². The quantitative estimate of drug-likeness (QED) is 0.721. The number of hydrogen-bond donors (Lipinski definition) is 0. The van der Waals surface area contributed by atoms with Crippen molar-refractivity contribution >= 4 is 33.3 Å². The highest BCUT2D eigenvalue weighted by molar-refractivity contribution is 8.01. The van der Waals surface area contributed by atoms with Crippen molar-refractivity contribution in [3.8, 4) is 6.07 Å². The Balaban J connectivity index is 2.03. The van der Waals surface area contributed by atoms with Gasteiger partial charge >= 0.3 is 0 Å². The fourth-order valence-corrected chi connectivity index (χ4v) is 3.83. The van der Waals surface area contributed by atoms with Gasteiger partial charge in [-0.25, -0.2) is 4.98 Å². The minimum Gasteiger partial charge on any atom is -0.229 e. The first-order valence-electron chi connectivity index (χ1n) is 5.96.